The second-order valence-electron chi connectivity index (χ2n) is 5.74. The molecule has 1 aliphatic rings. The standard InChI is InChI=1S/C15H23N3O5/c1-3-4-8(2)5-9-6-18(15(22)17-13(9)16)14-12(21)11(20)10(7-19)23-14/h5-6,10-12,14,19-21H,3-4,7H2,1-2H3,(H2,16,17,22)/b8-5+/t10-,11-,12+,14-/m1/s1. The number of hydrogen-bond acceptors (Lipinski definition) is 7. The van der Waals surface area contributed by atoms with Gasteiger partial charge < -0.3 is 25.8 Å². The van der Waals surface area contributed by atoms with E-state index in [0.717, 1.165) is 23.0 Å². The summed E-state index contributed by atoms with van der Waals surface area (Å²) in [4.78, 5) is 15.8. The molecule has 1 fully saturated rings. The molecule has 0 saturated carbocycles. The Morgan fingerprint density at radius 2 is 2.17 bits per heavy atom. The van der Waals surface area contributed by atoms with Crippen molar-refractivity contribution in [2.45, 2.75) is 51.2 Å². The Balaban J connectivity index is 2.40. The molecule has 4 atom stereocenters. The van der Waals surface area contributed by atoms with Gasteiger partial charge in [0.1, 0.15) is 24.1 Å². The van der Waals surface area contributed by atoms with Gasteiger partial charge in [-0.2, -0.15) is 4.98 Å². The van der Waals surface area contributed by atoms with Crippen molar-refractivity contribution >= 4 is 11.9 Å². The van der Waals surface area contributed by atoms with Crippen molar-refractivity contribution in [2.75, 3.05) is 12.3 Å². The Labute approximate surface area is 133 Å². The van der Waals surface area contributed by atoms with E-state index in [-0.39, 0.29) is 5.82 Å². The predicted molar refractivity (Wildman–Crippen MR) is 84.5 cm³/mol. The fourth-order valence-electron chi connectivity index (χ4n) is 2.63. The number of aliphatic hydroxyl groups excluding tert-OH is 3. The molecule has 128 valence electrons. The maximum absolute atomic E-state index is 12.1. The monoisotopic (exact) mass is 325 g/mol. The fourth-order valence-corrected chi connectivity index (χ4v) is 2.63. The molecule has 0 bridgehead atoms. The van der Waals surface area contributed by atoms with Gasteiger partial charge in [0.25, 0.3) is 0 Å². The Bertz CT molecular complexity index is 642. The molecular weight excluding hydrogens is 302 g/mol. The van der Waals surface area contributed by atoms with Gasteiger partial charge in [-0.1, -0.05) is 25.0 Å². The molecule has 1 saturated heterocycles. The van der Waals surface area contributed by atoms with Crippen molar-refractivity contribution in [1.29, 1.82) is 0 Å². The topological polar surface area (TPSA) is 131 Å². The molecule has 1 aliphatic heterocycles. The SMILES string of the molecule is CCC/C(C)=C/c1cn([C@@H]2O[C@H](CO)[C@@H](O)[C@@H]2O)c(=O)nc1N. The van der Waals surface area contributed by atoms with Crippen molar-refractivity contribution in [2.24, 2.45) is 0 Å². The highest BCUT2D eigenvalue weighted by Gasteiger charge is 2.43. The third-order valence-corrected chi connectivity index (χ3v) is 3.85. The van der Waals surface area contributed by atoms with Gasteiger partial charge in [0.2, 0.25) is 0 Å². The lowest BCUT2D eigenvalue weighted by molar-refractivity contribution is -0.0549. The second-order valence-corrected chi connectivity index (χ2v) is 5.74. The molecule has 8 nitrogen and oxygen atoms in total. The van der Waals surface area contributed by atoms with Gasteiger partial charge >= 0.3 is 5.69 Å². The number of nitrogen functional groups attached to an aromatic ring is 1. The molecule has 0 unspecified atom stereocenters. The molecule has 0 amide bonds. The van der Waals surface area contributed by atoms with Crippen LogP contribution in [0.4, 0.5) is 5.82 Å². The highest BCUT2D eigenvalue weighted by molar-refractivity contribution is 5.61. The molecule has 1 aromatic heterocycles. The van der Waals surface area contributed by atoms with E-state index in [4.69, 9.17) is 15.6 Å². The van der Waals surface area contributed by atoms with E-state index >= 15 is 0 Å². The minimum absolute atomic E-state index is 0.0912. The lowest BCUT2D eigenvalue weighted by atomic mass is 10.1. The summed E-state index contributed by atoms with van der Waals surface area (Å²) in [5.41, 5.74) is 6.71. The number of hydrogen-bond donors (Lipinski definition) is 4. The van der Waals surface area contributed by atoms with Crippen LogP contribution >= 0.6 is 0 Å². The summed E-state index contributed by atoms with van der Waals surface area (Å²) in [7, 11) is 0. The number of anilines is 1. The summed E-state index contributed by atoms with van der Waals surface area (Å²) in [5.74, 6) is 0.0912. The Morgan fingerprint density at radius 1 is 1.48 bits per heavy atom. The highest BCUT2D eigenvalue weighted by atomic mass is 16.6. The summed E-state index contributed by atoms with van der Waals surface area (Å²) < 4.78 is 6.45. The number of aromatic nitrogens is 2. The molecule has 5 N–H and O–H groups in total. The van der Waals surface area contributed by atoms with Crippen LogP contribution in [0.3, 0.4) is 0 Å². The van der Waals surface area contributed by atoms with Crippen LogP contribution in [0, 0.1) is 0 Å². The zero-order valence-electron chi connectivity index (χ0n) is 13.2. The van der Waals surface area contributed by atoms with Crippen LogP contribution in [0.15, 0.2) is 16.6 Å². The van der Waals surface area contributed by atoms with E-state index in [1.54, 1.807) is 0 Å². The average Bonchev–Trinajstić information content (AvgIpc) is 2.78. The normalized spacial score (nSPS) is 28.3. The Morgan fingerprint density at radius 3 is 2.74 bits per heavy atom. The van der Waals surface area contributed by atoms with Gasteiger partial charge in [-0.15, -0.1) is 0 Å². The van der Waals surface area contributed by atoms with Gasteiger partial charge in [0, 0.05) is 11.8 Å². The first-order valence-electron chi connectivity index (χ1n) is 7.57. The molecule has 1 aromatic rings. The number of rotatable bonds is 5. The molecule has 0 radical (unpaired) electrons. The fraction of sp³-hybridized carbons (Fsp3) is 0.600. The molecule has 8 heteroatoms. The van der Waals surface area contributed by atoms with E-state index in [1.807, 2.05) is 13.0 Å². The first-order chi connectivity index (χ1) is 10.9. The third kappa shape index (κ3) is 3.61. The van der Waals surface area contributed by atoms with Crippen molar-refractivity contribution in [3.05, 3.63) is 27.8 Å². The number of nitrogens with zero attached hydrogens (tertiary/aromatic N) is 2. The smallest absolute Gasteiger partial charge is 0.351 e. The molecule has 0 spiro atoms. The van der Waals surface area contributed by atoms with E-state index in [1.165, 1.54) is 6.20 Å². The highest BCUT2D eigenvalue weighted by Crippen LogP contribution is 2.28. The average molecular weight is 325 g/mol. The largest absolute Gasteiger partial charge is 0.394 e. The van der Waals surface area contributed by atoms with E-state index in [0.29, 0.717) is 5.56 Å². The first-order valence-corrected chi connectivity index (χ1v) is 7.57. The molecule has 23 heavy (non-hydrogen) atoms. The van der Waals surface area contributed by atoms with Crippen LogP contribution in [-0.2, 0) is 4.74 Å². The summed E-state index contributed by atoms with van der Waals surface area (Å²) in [6.07, 6.45) is 0.421. The maximum atomic E-state index is 12.1. The van der Waals surface area contributed by atoms with Crippen molar-refractivity contribution in [1.82, 2.24) is 9.55 Å². The number of allylic oxidation sites excluding steroid dienone is 1. The quantitative estimate of drug-likeness (QED) is 0.581. The Hall–Kier alpha value is -1.74. The van der Waals surface area contributed by atoms with E-state index in [9.17, 15) is 15.0 Å². The molecule has 2 heterocycles. The van der Waals surface area contributed by atoms with Gasteiger partial charge in [0.05, 0.1) is 6.61 Å². The minimum Gasteiger partial charge on any atom is -0.394 e. The van der Waals surface area contributed by atoms with Crippen molar-refractivity contribution in [3.63, 3.8) is 0 Å². The van der Waals surface area contributed by atoms with Crippen molar-refractivity contribution < 1.29 is 20.1 Å². The summed E-state index contributed by atoms with van der Waals surface area (Å²) >= 11 is 0. The molecular formula is C15H23N3O5. The summed E-state index contributed by atoms with van der Waals surface area (Å²) in [6, 6.07) is 0. The van der Waals surface area contributed by atoms with E-state index < -0.39 is 36.8 Å². The second kappa shape index (κ2) is 7.22. The summed E-state index contributed by atoms with van der Waals surface area (Å²) in [6.45, 7) is 3.54. The maximum Gasteiger partial charge on any atom is 0.351 e. The number of ether oxygens (including phenoxy) is 1. The molecule has 0 aromatic carbocycles. The Kier molecular flexibility index (Phi) is 5.53. The zero-order chi connectivity index (χ0) is 17.1. The van der Waals surface area contributed by atoms with Crippen LogP contribution in [0.2, 0.25) is 0 Å². The molecule has 0 aliphatic carbocycles. The first kappa shape index (κ1) is 17.6. The number of aliphatic hydroxyl groups is 3. The lowest BCUT2D eigenvalue weighted by Gasteiger charge is -2.18. The summed E-state index contributed by atoms with van der Waals surface area (Å²) in [5, 5.41) is 29.0. The van der Waals surface area contributed by atoms with Gasteiger partial charge in [0.15, 0.2) is 6.23 Å². The van der Waals surface area contributed by atoms with Gasteiger partial charge in [-0.25, -0.2) is 4.79 Å². The zero-order valence-corrected chi connectivity index (χ0v) is 13.2. The van der Waals surface area contributed by atoms with Crippen LogP contribution < -0.4 is 11.4 Å². The predicted octanol–water partition coefficient (Wildman–Crippen LogP) is -0.360. The third-order valence-electron chi connectivity index (χ3n) is 3.85. The van der Waals surface area contributed by atoms with Crippen molar-refractivity contribution in [3.8, 4) is 0 Å². The lowest BCUT2D eigenvalue weighted by Crippen LogP contribution is -2.36. The van der Waals surface area contributed by atoms with Crippen LogP contribution in [-0.4, -0.2) is 49.8 Å². The molecule has 2 rings (SSSR count). The van der Waals surface area contributed by atoms with Gasteiger partial charge in [-0.3, -0.25) is 4.57 Å². The van der Waals surface area contributed by atoms with Crippen LogP contribution in [0.5, 0.6) is 0 Å². The minimum atomic E-state index is -1.34. The van der Waals surface area contributed by atoms with Crippen LogP contribution in [0.1, 0.15) is 38.5 Å². The van der Waals surface area contributed by atoms with E-state index in [2.05, 4.69) is 11.9 Å². The van der Waals surface area contributed by atoms with Crippen LogP contribution in [0.25, 0.3) is 6.08 Å². The number of nitrogens with two attached hydrogens (primary N) is 1. The van der Waals surface area contributed by atoms with Gasteiger partial charge in [-0.05, 0) is 13.3 Å².